The van der Waals surface area contributed by atoms with E-state index in [1.807, 2.05) is 25.7 Å². The largest absolute Gasteiger partial charge is 0.309 e. The molecular weight excluding hydrogens is 312 g/mol. The van der Waals surface area contributed by atoms with Crippen LogP contribution in [0.15, 0.2) is 23.1 Å². The van der Waals surface area contributed by atoms with Crippen LogP contribution in [0.5, 0.6) is 0 Å². The summed E-state index contributed by atoms with van der Waals surface area (Å²) < 4.78 is 26.8. The molecule has 0 saturated heterocycles. The number of carbonyl (C=O) groups excluding carboxylic acids is 1. The zero-order chi connectivity index (χ0) is 16.8. The fraction of sp³-hybridized carbons (Fsp3) is 0.588. The molecule has 1 fully saturated rings. The Hall–Kier alpha value is -1.40. The van der Waals surface area contributed by atoms with Crippen molar-refractivity contribution in [2.75, 3.05) is 18.0 Å². The molecule has 6 heteroatoms. The van der Waals surface area contributed by atoms with E-state index in [0.717, 1.165) is 30.5 Å². The number of amides is 1. The molecule has 1 atom stereocenters. The normalized spacial score (nSPS) is 20.9. The maximum absolute atomic E-state index is 12.7. The maximum atomic E-state index is 12.7. The van der Waals surface area contributed by atoms with Gasteiger partial charge in [-0.3, -0.25) is 4.79 Å². The van der Waals surface area contributed by atoms with Crippen molar-refractivity contribution in [3.05, 3.63) is 23.8 Å². The van der Waals surface area contributed by atoms with Crippen LogP contribution < -0.4 is 4.90 Å². The molecule has 1 saturated carbocycles. The van der Waals surface area contributed by atoms with E-state index in [9.17, 15) is 13.2 Å². The van der Waals surface area contributed by atoms with Gasteiger partial charge in [0.25, 0.3) is 0 Å². The summed E-state index contributed by atoms with van der Waals surface area (Å²) in [5, 5.41) is 0. The van der Waals surface area contributed by atoms with Crippen LogP contribution in [0.1, 0.15) is 39.2 Å². The second-order valence-corrected chi connectivity index (χ2v) is 8.35. The summed E-state index contributed by atoms with van der Waals surface area (Å²) in [5.41, 5.74) is 1.84. The number of sulfonamides is 1. The number of benzene rings is 1. The fourth-order valence-corrected chi connectivity index (χ4v) is 4.85. The summed E-state index contributed by atoms with van der Waals surface area (Å²) in [6.45, 7) is 6.62. The summed E-state index contributed by atoms with van der Waals surface area (Å²) >= 11 is 0. The van der Waals surface area contributed by atoms with Gasteiger partial charge in [0.1, 0.15) is 0 Å². The SMILES string of the molecule is CCN(CC)S(=O)(=O)c1ccc2c(c1)C[C@H](C)N2C(=O)C1CC1. The van der Waals surface area contributed by atoms with Gasteiger partial charge in [0, 0.05) is 30.7 Å². The Balaban J connectivity index is 1.95. The van der Waals surface area contributed by atoms with Gasteiger partial charge in [0.15, 0.2) is 0 Å². The first kappa shape index (κ1) is 16.5. The quantitative estimate of drug-likeness (QED) is 0.830. The molecule has 0 N–H and O–H groups in total. The van der Waals surface area contributed by atoms with Gasteiger partial charge >= 0.3 is 0 Å². The highest BCUT2D eigenvalue weighted by Gasteiger charge is 2.39. The van der Waals surface area contributed by atoms with E-state index in [-0.39, 0.29) is 17.9 Å². The first-order valence-corrected chi connectivity index (χ1v) is 9.80. The van der Waals surface area contributed by atoms with E-state index in [1.54, 1.807) is 18.2 Å². The number of nitrogens with zero attached hydrogens (tertiary/aromatic N) is 2. The predicted octanol–water partition coefficient (Wildman–Crippen LogP) is 2.40. The van der Waals surface area contributed by atoms with Gasteiger partial charge in [0.2, 0.25) is 15.9 Å². The lowest BCUT2D eigenvalue weighted by molar-refractivity contribution is -0.120. The molecule has 126 valence electrons. The molecule has 0 aromatic heterocycles. The van der Waals surface area contributed by atoms with Crippen molar-refractivity contribution in [2.24, 2.45) is 5.92 Å². The molecule has 1 aromatic rings. The van der Waals surface area contributed by atoms with Gasteiger partial charge < -0.3 is 4.90 Å². The number of anilines is 1. The molecule has 23 heavy (non-hydrogen) atoms. The minimum absolute atomic E-state index is 0.101. The van der Waals surface area contributed by atoms with Crippen LogP contribution in [-0.2, 0) is 21.2 Å². The lowest BCUT2D eigenvalue weighted by Crippen LogP contribution is -2.36. The van der Waals surface area contributed by atoms with Crippen molar-refractivity contribution in [3.8, 4) is 0 Å². The van der Waals surface area contributed by atoms with E-state index in [1.165, 1.54) is 4.31 Å². The third kappa shape index (κ3) is 2.78. The Labute approximate surface area is 138 Å². The first-order valence-electron chi connectivity index (χ1n) is 8.36. The van der Waals surface area contributed by atoms with E-state index >= 15 is 0 Å². The molecule has 1 amide bonds. The van der Waals surface area contributed by atoms with Crippen LogP contribution in [-0.4, -0.2) is 37.8 Å². The predicted molar refractivity (Wildman–Crippen MR) is 89.9 cm³/mol. The molecular formula is C17H24N2O3S. The number of carbonyl (C=O) groups is 1. The molecule has 0 spiro atoms. The third-order valence-electron chi connectivity index (χ3n) is 4.77. The van der Waals surface area contributed by atoms with Crippen molar-refractivity contribution in [1.29, 1.82) is 0 Å². The highest BCUT2D eigenvalue weighted by Crippen LogP contribution is 2.39. The second-order valence-electron chi connectivity index (χ2n) is 6.42. The van der Waals surface area contributed by atoms with E-state index < -0.39 is 10.0 Å². The molecule has 0 radical (unpaired) electrons. The Kier molecular flexibility index (Phi) is 4.23. The molecule has 1 heterocycles. The van der Waals surface area contributed by atoms with Crippen LogP contribution >= 0.6 is 0 Å². The standard InChI is InChI=1S/C17H24N2O3S/c1-4-18(5-2)23(21,22)15-8-9-16-14(11-15)10-12(3)19(16)17(20)13-6-7-13/h8-9,11-13H,4-7,10H2,1-3H3/t12-/m0/s1. The van der Waals surface area contributed by atoms with E-state index in [2.05, 4.69) is 0 Å². The summed E-state index contributed by atoms with van der Waals surface area (Å²) in [6.07, 6.45) is 2.67. The Bertz CT molecular complexity index is 721. The Morgan fingerprint density at radius 2 is 1.91 bits per heavy atom. The monoisotopic (exact) mass is 336 g/mol. The van der Waals surface area contributed by atoms with Crippen molar-refractivity contribution in [1.82, 2.24) is 4.31 Å². The Morgan fingerprint density at radius 3 is 2.48 bits per heavy atom. The molecule has 1 aliphatic heterocycles. The van der Waals surface area contributed by atoms with Gasteiger partial charge in [-0.25, -0.2) is 8.42 Å². The van der Waals surface area contributed by atoms with E-state index in [4.69, 9.17) is 0 Å². The molecule has 0 unspecified atom stereocenters. The van der Waals surface area contributed by atoms with Crippen molar-refractivity contribution in [3.63, 3.8) is 0 Å². The summed E-state index contributed by atoms with van der Waals surface area (Å²) in [7, 11) is -3.45. The van der Waals surface area contributed by atoms with Crippen molar-refractivity contribution < 1.29 is 13.2 Å². The summed E-state index contributed by atoms with van der Waals surface area (Å²) in [5.74, 6) is 0.359. The molecule has 1 aliphatic carbocycles. The average molecular weight is 336 g/mol. The number of rotatable bonds is 5. The lowest BCUT2D eigenvalue weighted by atomic mass is 10.1. The second kappa shape index (κ2) is 5.91. The van der Waals surface area contributed by atoms with Crippen LogP contribution in [0.3, 0.4) is 0 Å². The number of fused-ring (bicyclic) bond motifs is 1. The minimum atomic E-state index is -3.45. The minimum Gasteiger partial charge on any atom is -0.309 e. The molecule has 5 nitrogen and oxygen atoms in total. The molecule has 1 aromatic carbocycles. The highest BCUT2D eigenvalue weighted by atomic mass is 32.2. The van der Waals surface area contributed by atoms with Gasteiger partial charge in [-0.2, -0.15) is 4.31 Å². The lowest BCUT2D eigenvalue weighted by Gasteiger charge is -2.23. The summed E-state index contributed by atoms with van der Waals surface area (Å²) in [6, 6.07) is 5.29. The van der Waals surface area contributed by atoms with Crippen molar-refractivity contribution >= 4 is 21.6 Å². The smallest absolute Gasteiger partial charge is 0.243 e. The van der Waals surface area contributed by atoms with Crippen LogP contribution in [0, 0.1) is 5.92 Å². The molecule has 2 aliphatic rings. The van der Waals surface area contributed by atoms with Gasteiger partial charge in [-0.15, -0.1) is 0 Å². The molecule has 3 rings (SSSR count). The number of hydrogen-bond acceptors (Lipinski definition) is 3. The van der Waals surface area contributed by atoms with Gasteiger partial charge in [0.05, 0.1) is 4.90 Å². The van der Waals surface area contributed by atoms with Crippen molar-refractivity contribution in [2.45, 2.75) is 51.0 Å². The molecule has 0 bridgehead atoms. The van der Waals surface area contributed by atoms with Crippen LogP contribution in [0.4, 0.5) is 5.69 Å². The third-order valence-corrected chi connectivity index (χ3v) is 6.82. The van der Waals surface area contributed by atoms with E-state index in [0.29, 0.717) is 18.0 Å². The highest BCUT2D eigenvalue weighted by molar-refractivity contribution is 7.89. The first-order chi connectivity index (χ1) is 10.9. The van der Waals surface area contributed by atoms with Gasteiger partial charge in [-0.1, -0.05) is 13.8 Å². The average Bonchev–Trinajstić information content (AvgIpc) is 3.29. The van der Waals surface area contributed by atoms with Gasteiger partial charge in [-0.05, 0) is 49.9 Å². The zero-order valence-corrected chi connectivity index (χ0v) is 14.8. The maximum Gasteiger partial charge on any atom is 0.243 e. The topological polar surface area (TPSA) is 57.7 Å². The van der Waals surface area contributed by atoms with Crippen LogP contribution in [0.2, 0.25) is 0 Å². The van der Waals surface area contributed by atoms with Crippen LogP contribution in [0.25, 0.3) is 0 Å². The fourth-order valence-electron chi connectivity index (χ4n) is 3.34. The zero-order valence-electron chi connectivity index (χ0n) is 13.9. The number of hydrogen-bond donors (Lipinski definition) is 0. The summed E-state index contributed by atoms with van der Waals surface area (Å²) in [4.78, 5) is 14.7. The Morgan fingerprint density at radius 1 is 1.26 bits per heavy atom.